The number of ketones is 1. The second-order valence-corrected chi connectivity index (χ2v) is 9.81. The molecule has 2 heterocycles. The fraction of sp³-hybridized carbons (Fsp3) is 0.333. The molecule has 4 rings (SSSR count). The Kier molecular flexibility index (Phi) is 9.54. The van der Waals surface area contributed by atoms with Gasteiger partial charge in [0, 0.05) is 17.7 Å². The van der Waals surface area contributed by atoms with E-state index in [1.54, 1.807) is 17.0 Å². The molecule has 0 unspecified atom stereocenters. The molecule has 3 aromatic rings. The lowest BCUT2D eigenvalue weighted by molar-refractivity contribution is -0.135. The summed E-state index contributed by atoms with van der Waals surface area (Å²) in [6.07, 6.45) is 0.260. The lowest BCUT2D eigenvalue weighted by Gasteiger charge is -2.29. The quantitative estimate of drug-likeness (QED) is 0.289. The Bertz CT molecular complexity index is 1290. The van der Waals surface area contributed by atoms with Gasteiger partial charge in [0.05, 0.1) is 12.6 Å². The van der Waals surface area contributed by atoms with Crippen LogP contribution in [0, 0.1) is 5.92 Å². The van der Waals surface area contributed by atoms with Crippen molar-refractivity contribution in [1.29, 1.82) is 0 Å². The van der Waals surface area contributed by atoms with Crippen LogP contribution in [-0.2, 0) is 4.79 Å². The number of halogens is 2. The number of hydrogen-bond donors (Lipinski definition) is 4. The number of hydrogen-bond acceptors (Lipinski definition) is 5. The van der Waals surface area contributed by atoms with Gasteiger partial charge in [0.15, 0.2) is 5.78 Å². The number of rotatable bonds is 8. The number of H-pyrrole nitrogens is 1. The Hall–Kier alpha value is -3.40. The first-order valence-corrected chi connectivity index (χ1v) is 12.6. The first-order valence-electron chi connectivity index (χ1n) is 12.2. The van der Waals surface area contributed by atoms with Crippen LogP contribution < -0.4 is 11.1 Å². The molecule has 2 aromatic carbocycles. The molecule has 202 valence electrons. The molecule has 1 aliphatic rings. The van der Waals surface area contributed by atoms with E-state index in [1.165, 1.54) is 0 Å². The van der Waals surface area contributed by atoms with Crippen molar-refractivity contribution in [2.45, 2.75) is 38.8 Å². The number of nitrogens with one attached hydrogen (secondary N) is 2. The molecule has 0 aliphatic carbocycles. The largest absolute Gasteiger partial charge is 0.465 e. The van der Waals surface area contributed by atoms with Gasteiger partial charge in [0.2, 0.25) is 5.91 Å². The molecule has 9 nitrogen and oxygen atoms in total. The standard InChI is InChI=1S/C27H30ClN5O4.ClH/c1-15(2)22(31-27(36)37)26(35)33-13-3-4-20(33)25-30-23(24(28)32-25)19-11-7-17(8-12-19)16-5-9-18(10-6-16)21(34)14-29;/h5-12,15,20,22,31H,3-4,13-14,29H2,1-2H3,(H,30,32)(H,36,37);1H/t20-,22-;/m0./s1. The number of likely N-dealkylation sites (tertiary alicyclic amines) is 1. The highest BCUT2D eigenvalue weighted by atomic mass is 35.5. The van der Waals surface area contributed by atoms with Crippen molar-refractivity contribution in [3.8, 4) is 22.4 Å². The van der Waals surface area contributed by atoms with Gasteiger partial charge in [-0.1, -0.05) is 74.0 Å². The molecule has 2 amide bonds. The summed E-state index contributed by atoms with van der Waals surface area (Å²) >= 11 is 6.53. The van der Waals surface area contributed by atoms with Crippen LogP contribution in [-0.4, -0.2) is 56.9 Å². The first-order chi connectivity index (χ1) is 17.7. The molecule has 38 heavy (non-hydrogen) atoms. The van der Waals surface area contributed by atoms with Crippen LogP contribution in [0.5, 0.6) is 0 Å². The molecule has 0 bridgehead atoms. The molecule has 1 fully saturated rings. The average Bonchev–Trinajstić information content (AvgIpc) is 3.53. The molecule has 2 atom stereocenters. The predicted molar refractivity (Wildman–Crippen MR) is 149 cm³/mol. The zero-order valence-corrected chi connectivity index (χ0v) is 22.7. The van der Waals surface area contributed by atoms with Gasteiger partial charge in [-0.05, 0) is 29.9 Å². The molecule has 5 N–H and O–H groups in total. The lowest BCUT2D eigenvalue weighted by atomic mass is 10.0. The van der Waals surface area contributed by atoms with E-state index in [1.807, 2.05) is 50.2 Å². The van der Waals surface area contributed by atoms with E-state index in [0.29, 0.717) is 35.2 Å². The lowest BCUT2D eigenvalue weighted by Crippen LogP contribution is -2.50. The molecular weight excluding hydrogens is 529 g/mol. The minimum atomic E-state index is -1.23. The monoisotopic (exact) mass is 559 g/mol. The molecule has 1 aromatic heterocycles. The van der Waals surface area contributed by atoms with Crippen LogP contribution in [0.4, 0.5) is 4.79 Å². The summed E-state index contributed by atoms with van der Waals surface area (Å²) in [5, 5.41) is 11.9. The number of aromatic nitrogens is 2. The highest BCUT2D eigenvalue weighted by Crippen LogP contribution is 2.35. The van der Waals surface area contributed by atoms with E-state index >= 15 is 0 Å². The summed E-state index contributed by atoms with van der Waals surface area (Å²) in [6, 6.07) is 13.9. The van der Waals surface area contributed by atoms with Crippen molar-refractivity contribution in [1.82, 2.24) is 20.2 Å². The van der Waals surface area contributed by atoms with Crippen molar-refractivity contribution in [3.05, 3.63) is 65.1 Å². The van der Waals surface area contributed by atoms with Gasteiger partial charge in [-0.3, -0.25) is 9.59 Å². The highest BCUT2D eigenvalue weighted by molar-refractivity contribution is 6.31. The highest BCUT2D eigenvalue weighted by Gasteiger charge is 2.37. The van der Waals surface area contributed by atoms with Crippen LogP contribution in [0.25, 0.3) is 22.4 Å². The van der Waals surface area contributed by atoms with Gasteiger partial charge in [-0.25, -0.2) is 9.78 Å². The van der Waals surface area contributed by atoms with Gasteiger partial charge in [-0.2, -0.15) is 0 Å². The van der Waals surface area contributed by atoms with E-state index < -0.39 is 12.1 Å². The fourth-order valence-electron chi connectivity index (χ4n) is 4.65. The SMILES string of the molecule is CC(C)[C@H](NC(=O)O)C(=O)N1CCC[C@H]1c1nc(-c2ccc(-c3ccc(C(=O)CN)cc3)cc2)c(Cl)[nH]1.Cl. The zero-order valence-electron chi connectivity index (χ0n) is 21.1. The summed E-state index contributed by atoms with van der Waals surface area (Å²) in [4.78, 5) is 45.7. The second kappa shape index (κ2) is 12.4. The minimum Gasteiger partial charge on any atom is -0.465 e. The van der Waals surface area contributed by atoms with E-state index in [-0.39, 0.29) is 42.6 Å². The third-order valence-electron chi connectivity index (χ3n) is 6.63. The number of Topliss-reactive ketones (excluding diaryl/α,β-unsaturated/α-hetero) is 1. The van der Waals surface area contributed by atoms with Gasteiger partial charge in [0.1, 0.15) is 22.7 Å². The van der Waals surface area contributed by atoms with E-state index in [9.17, 15) is 19.5 Å². The van der Waals surface area contributed by atoms with Crippen molar-refractivity contribution in [2.24, 2.45) is 11.7 Å². The predicted octanol–water partition coefficient (Wildman–Crippen LogP) is 4.92. The molecule has 0 spiro atoms. The number of benzene rings is 2. The molecule has 1 saturated heterocycles. The number of carbonyl (C=O) groups excluding carboxylic acids is 2. The normalized spacial score (nSPS) is 15.7. The van der Waals surface area contributed by atoms with Gasteiger partial charge >= 0.3 is 6.09 Å². The number of carboxylic acid groups (broad SMARTS) is 1. The molecule has 0 radical (unpaired) electrons. The van der Waals surface area contributed by atoms with Crippen molar-refractivity contribution in [2.75, 3.05) is 13.1 Å². The van der Waals surface area contributed by atoms with Crippen molar-refractivity contribution >= 4 is 41.8 Å². The number of amides is 2. The summed E-state index contributed by atoms with van der Waals surface area (Å²) < 4.78 is 0. The average molecular weight is 560 g/mol. The zero-order chi connectivity index (χ0) is 26.7. The smallest absolute Gasteiger partial charge is 0.405 e. The van der Waals surface area contributed by atoms with Crippen LogP contribution in [0.1, 0.15) is 48.9 Å². The Morgan fingerprint density at radius 1 is 1.11 bits per heavy atom. The molecule has 11 heteroatoms. The minimum absolute atomic E-state index is 0. The van der Waals surface area contributed by atoms with Crippen molar-refractivity contribution in [3.63, 3.8) is 0 Å². The maximum atomic E-state index is 13.2. The fourth-order valence-corrected chi connectivity index (χ4v) is 4.89. The van der Waals surface area contributed by atoms with Crippen LogP contribution in [0.15, 0.2) is 48.5 Å². The maximum absolute atomic E-state index is 13.2. The Balaban J connectivity index is 0.00000400. The maximum Gasteiger partial charge on any atom is 0.405 e. The van der Waals surface area contributed by atoms with Gasteiger partial charge in [-0.15, -0.1) is 12.4 Å². The molecule has 0 saturated carbocycles. The Morgan fingerprint density at radius 2 is 1.68 bits per heavy atom. The Morgan fingerprint density at radius 3 is 2.24 bits per heavy atom. The van der Waals surface area contributed by atoms with Gasteiger partial charge < -0.3 is 26.0 Å². The number of imidazole rings is 1. The number of nitrogens with zero attached hydrogens (tertiary/aromatic N) is 2. The third kappa shape index (κ3) is 6.18. The van der Waals surface area contributed by atoms with Crippen LogP contribution >= 0.6 is 24.0 Å². The summed E-state index contributed by atoms with van der Waals surface area (Å²) in [7, 11) is 0. The van der Waals surface area contributed by atoms with Gasteiger partial charge in [0.25, 0.3) is 0 Å². The first kappa shape index (κ1) is 29.2. The second-order valence-electron chi connectivity index (χ2n) is 9.43. The van der Waals surface area contributed by atoms with Crippen LogP contribution in [0.3, 0.4) is 0 Å². The number of aromatic amines is 1. The number of nitrogens with two attached hydrogens (primary N) is 1. The summed E-state index contributed by atoms with van der Waals surface area (Å²) in [6.45, 7) is 4.11. The molecular formula is C27H31Cl2N5O4. The van der Waals surface area contributed by atoms with Crippen LogP contribution in [0.2, 0.25) is 5.15 Å². The summed E-state index contributed by atoms with van der Waals surface area (Å²) in [5.74, 6) is 0.00757. The van der Waals surface area contributed by atoms with E-state index in [2.05, 4.69) is 10.3 Å². The summed E-state index contributed by atoms with van der Waals surface area (Å²) in [5.41, 5.74) is 9.34. The Labute approximate surface area is 232 Å². The number of carbonyl (C=O) groups is 3. The van der Waals surface area contributed by atoms with Crippen molar-refractivity contribution < 1.29 is 19.5 Å². The topological polar surface area (TPSA) is 141 Å². The van der Waals surface area contributed by atoms with E-state index in [4.69, 9.17) is 22.3 Å². The molecule has 1 aliphatic heterocycles. The third-order valence-corrected chi connectivity index (χ3v) is 6.90. The van der Waals surface area contributed by atoms with E-state index in [0.717, 1.165) is 23.1 Å².